The lowest BCUT2D eigenvalue weighted by Gasteiger charge is -2.06. The Labute approximate surface area is 107 Å². The van der Waals surface area contributed by atoms with Gasteiger partial charge in [-0.05, 0) is 23.9 Å². The van der Waals surface area contributed by atoms with E-state index in [0.717, 1.165) is 5.52 Å². The molecule has 0 bridgehead atoms. The molecule has 0 aliphatic heterocycles. The number of fused-ring (bicyclic) bond motifs is 1. The number of aryl methyl sites for hydroxylation is 1. The Morgan fingerprint density at radius 3 is 3.11 bits per heavy atom. The van der Waals surface area contributed by atoms with E-state index < -0.39 is 0 Å². The summed E-state index contributed by atoms with van der Waals surface area (Å²) in [5.41, 5.74) is 8.28. The molecular weight excluding hydrogens is 248 g/mol. The molecule has 0 fully saturated rings. The van der Waals surface area contributed by atoms with Crippen LogP contribution < -0.4 is 11.1 Å². The molecule has 0 aromatic carbocycles. The van der Waals surface area contributed by atoms with Crippen LogP contribution in [0.1, 0.15) is 10.4 Å². The Kier molecular flexibility index (Phi) is 2.60. The van der Waals surface area contributed by atoms with Crippen molar-refractivity contribution in [1.29, 1.82) is 0 Å². The average molecular weight is 260 g/mol. The quantitative estimate of drug-likeness (QED) is 0.669. The number of nitrogen functional groups attached to an aromatic ring is 1. The van der Waals surface area contributed by atoms with Gasteiger partial charge in [-0.3, -0.25) is 0 Å². The van der Waals surface area contributed by atoms with E-state index >= 15 is 0 Å². The number of nitrogens with one attached hydrogen (secondary N) is 2. The van der Waals surface area contributed by atoms with Crippen molar-refractivity contribution in [3.8, 4) is 0 Å². The summed E-state index contributed by atoms with van der Waals surface area (Å²) in [7, 11) is 0. The Hall–Kier alpha value is -2.15. The number of aromatic amines is 1. The molecule has 6 nitrogen and oxygen atoms in total. The first-order chi connectivity index (χ1) is 8.74. The Morgan fingerprint density at radius 1 is 1.44 bits per heavy atom. The highest BCUT2D eigenvalue weighted by Crippen LogP contribution is 2.20. The lowest BCUT2D eigenvalue weighted by molar-refractivity contribution is 1.11. The fraction of sp³-hybridized carbons (Fsp3) is 0.182. The van der Waals surface area contributed by atoms with E-state index in [2.05, 4.69) is 43.6 Å². The SMILES string of the molecule is Cc1ccsc1CNc1nc(N)nc2nc[nH]c12. The maximum Gasteiger partial charge on any atom is 0.224 e. The number of aromatic nitrogens is 4. The van der Waals surface area contributed by atoms with Crippen LogP contribution in [0, 0.1) is 6.92 Å². The molecule has 0 unspecified atom stereocenters. The minimum Gasteiger partial charge on any atom is -0.368 e. The first kappa shape index (κ1) is 11.0. The number of hydrogen-bond acceptors (Lipinski definition) is 6. The fourth-order valence-electron chi connectivity index (χ4n) is 1.73. The van der Waals surface area contributed by atoms with Crippen LogP contribution in [0.3, 0.4) is 0 Å². The van der Waals surface area contributed by atoms with Crippen molar-refractivity contribution in [2.75, 3.05) is 11.1 Å². The smallest absolute Gasteiger partial charge is 0.224 e. The van der Waals surface area contributed by atoms with Crippen molar-refractivity contribution < 1.29 is 0 Å². The Balaban J connectivity index is 1.90. The number of imidazole rings is 1. The topological polar surface area (TPSA) is 92.5 Å². The van der Waals surface area contributed by atoms with Gasteiger partial charge in [0.1, 0.15) is 5.52 Å². The number of H-pyrrole nitrogens is 1. The molecule has 18 heavy (non-hydrogen) atoms. The second-order valence-corrected chi connectivity index (χ2v) is 4.91. The zero-order valence-corrected chi connectivity index (χ0v) is 10.6. The molecule has 92 valence electrons. The Morgan fingerprint density at radius 2 is 2.33 bits per heavy atom. The van der Waals surface area contributed by atoms with Crippen molar-refractivity contribution in [1.82, 2.24) is 19.9 Å². The third-order valence-electron chi connectivity index (χ3n) is 2.69. The minimum atomic E-state index is 0.222. The number of nitrogens with zero attached hydrogens (tertiary/aromatic N) is 3. The molecule has 0 radical (unpaired) electrons. The molecule has 3 rings (SSSR count). The Bertz CT molecular complexity index is 686. The van der Waals surface area contributed by atoms with E-state index in [4.69, 9.17) is 5.73 Å². The second-order valence-electron chi connectivity index (χ2n) is 3.91. The van der Waals surface area contributed by atoms with Crippen LogP contribution in [0.25, 0.3) is 11.2 Å². The largest absolute Gasteiger partial charge is 0.368 e. The van der Waals surface area contributed by atoms with Gasteiger partial charge in [0.15, 0.2) is 11.5 Å². The minimum absolute atomic E-state index is 0.222. The third kappa shape index (κ3) is 1.88. The number of rotatable bonds is 3. The molecule has 7 heteroatoms. The molecule has 3 aromatic heterocycles. The monoisotopic (exact) mass is 260 g/mol. The fourth-order valence-corrected chi connectivity index (χ4v) is 2.57. The maximum atomic E-state index is 5.65. The highest BCUT2D eigenvalue weighted by Gasteiger charge is 2.08. The predicted octanol–water partition coefficient (Wildman–Crippen LogP) is 1.92. The van der Waals surface area contributed by atoms with Gasteiger partial charge in [-0.2, -0.15) is 9.97 Å². The molecular formula is C11H12N6S. The summed E-state index contributed by atoms with van der Waals surface area (Å²) in [6.07, 6.45) is 1.58. The molecule has 4 N–H and O–H groups in total. The highest BCUT2D eigenvalue weighted by molar-refractivity contribution is 7.10. The first-order valence-electron chi connectivity index (χ1n) is 5.47. The van der Waals surface area contributed by atoms with Gasteiger partial charge < -0.3 is 16.0 Å². The van der Waals surface area contributed by atoms with Gasteiger partial charge in [0.2, 0.25) is 5.95 Å². The van der Waals surface area contributed by atoms with Crippen LogP contribution >= 0.6 is 11.3 Å². The molecule has 0 aliphatic carbocycles. The van der Waals surface area contributed by atoms with Crippen LogP contribution in [0.4, 0.5) is 11.8 Å². The van der Waals surface area contributed by atoms with Crippen LogP contribution in [0.2, 0.25) is 0 Å². The van der Waals surface area contributed by atoms with Gasteiger partial charge >= 0.3 is 0 Å². The van der Waals surface area contributed by atoms with E-state index in [1.165, 1.54) is 10.4 Å². The van der Waals surface area contributed by atoms with E-state index in [1.54, 1.807) is 17.7 Å². The molecule has 0 aliphatic rings. The normalized spacial score (nSPS) is 10.9. The second kappa shape index (κ2) is 4.26. The number of anilines is 2. The summed E-state index contributed by atoms with van der Waals surface area (Å²) in [4.78, 5) is 16.6. The van der Waals surface area contributed by atoms with Gasteiger partial charge in [-0.25, -0.2) is 4.98 Å². The summed E-state index contributed by atoms with van der Waals surface area (Å²) in [6.45, 7) is 2.81. The van der Waals surface area contributed by atoms with E-state index in [1.807, 2.05) is 0 Å². The van der Waals surface area contributed by atoms with E-state index in [-0.39, 0.29) is 5.95 Å². The van der Waals surface area contributed by atoms with Crippen molar-refractivity contribution >= 4 is 34.3 Å². The van der Waals surface area contributed by atoms with Gasteiger partial charge in [0, 0.05) is 4.88 Å². The summed E-state index contributed by atoms with van der Waals surface area (Å²) in [5, 5.41) is 5.34. The average Bonchev–Trinajstić information content (AvgIpc) is 2.94. The summed E-state index contributed by atoms with van der Waals surface area (Å²) in [5.74, 6) is 0.905. The number of nitrogens with two attached hydrogens (primary N) is 1. The molecule has 0 amide bonds. The standard InChI is InChI=1S/C11H12N6S/c1-6-2-3-18-7(6)4-13-9-8-10(15-5-14-8)17-11(12)16-9/h2-3,5H,4H2,1H3,(H4,12,13,14,15,16,17). The number of hydrogen-bond donors (Lipinski definition) is 3. The van der Waals surface area contributed by atoms with Gasteiger partial charge in [0.05, 0.1) is 12.9 Å². The summed E-state index contributed by atoms with van der Waals surface area (Å²) in [6, 6.07) is 2.10. The lowest BCUT2D eigenvalue weighted by Crippen LogP contribution is -2.05. The lowest BCUT2D eigenvalue weighted by atomic mass is 10.3. The van der Waals surface area contributed by atoms with Crippen LogP contribution in [-0.4, -0.2) is 19.9 Å². The van der Waals surface area contributed by atoms with Gasteiger partial charge in [-0.15, -0.1) is 11.3 Å². The zero-order valence-electron chi connectivity index (χ0n) is 9.77. The van der Waals surface area contributed by atoms with Crippen molar-refractivity contribution in [2.24, 2.45) is 0 Å². The molecule has 3 aromatic rings. The zero-order chi connectivity index (χ0) is 12.5. The van der Waals surface area contributed by atoms with E-state index in [0.29, 0.717) is 18.0 Å². The van der Waals surface area contributed by atoms with Crippen molar-refractivity contribution in [3.05, 3.63) is 28.2 Å². The predicted molar refractivity (Wildman–Crippen MR) is 72.5 cm³/mol. The van der Waals surface area contributed by atoms with Crippen LogP contribution in [-0.2, 0) is 6.54 Å². The summed E-state index contributed by atoms with van der Waals surface area (Å²) >= 11 is 1.72. The molecule has 0 saturated heterocycles. The van der Waals surface area contributed by atoms with Gasteiger partial charge in [-0.1, -0.05) is 0 Å². The van der Waals surface area contributed by atoms with Crippen molar-refractivity contribution in [2.45, 2.75) is 13.5 Å². The molecule has 0 atom stereocenters. The maximum absolute atomic E-state index is 5.65. The van der Waals surface area contributed by atoms with Crippen LogP contribution in [0.5, 0.6) is 0 Å². The summed E-state index contributed by atoms with van der Waals surface area (Å²) < 4.78 is 0. The van der Waals surface area contributed by atoms with Crippen LogP contribution in [0.15, 0.2) is 17.8 Å². The molecule has 0 saturated carbocycles. The molecule has 3 heterocycles. The highest BCUT2D eigenvalue weighted by atomic mass is 32.1. The van der Waals surface area contributed by atoms with Crippen molar-refractivity contribution in [3.63, 3.8) is 0 Å². The van der Waals surface area contributed by atoms with Gasteiger partial charge in [0.25, 0.3) is 0 Å². The number of thiophene rings is 1. The third-order valence-corrected chi connectivity index (χ3v) is 3.71. The van der Waals surface area contributed by atoms with E-state index in [9.17, 15) is 0 Å². The first-order valence-corrected chi connectivity index (χ1v) is 6.35. The molecule has 0 spiro atoms.